The molecule has 0 spiro atoms. The van der Waals surface area contributed by atoms with Gasteiger partial charge < -0.3 is 0 Å². The van der Waals surface area contributed by atoms with Gasteiger partial charge in [0, 0.05) is 10.4 Å². The first-order valence-corrected chi connectivity index (χ1v) is 8.20. The fraction of sp³-hybridized carbons (Fsp3) is 0.0455. The molecule has 0 bridgehead atoms. The molecule has 0 saturated heterocycles. The van der Waals surface area contributed by atoms with Crippen molar-refractivity contribution < 1.29 is 13.2 Å². The van der Waals surface area contributed by atoms with Crippen molar-refractivity contribution in [3.8, 4) is 42.5 Å². The smallest absolute Gasteiger partial charge is 0.192 e. The molecule has 0 radical (unpaired) electrons. The Labute approximate surface area is 178 Å². The number of benzene rings is 2. The van der Waals surface area contributed by atoms with Gasteiger partial charge in [-0.1, -0.05) is 12.1 Å². The number of alkyl halides is 3. The molecule has 148 valence electrons. The topological polar surface area (TPSA) is 167 Å². The molecule has 0 amide bonds. The van der Waals surface area contributed by atoms with Crippen molar-refractivity contribution in [2.45, 2.75) is 6.18 Å². The zero-order chi connectivity index (χ0) is 24.1. The molecule has 32 heavy (non-hydrogen) atoms. The van der Waals surface area contributed by atoms with Crippen LogP contribution < -0.4 is 10.4 Å². The average molecular weight is 423 g/mol. The summed E-state index contributed by atoms with van der Waals surface area (Å²) in [6.45, 7) is 0. The number of hydrogen-bond acceptors (Lipinski definition) is 7. The van der Waals surface area contributed by atoms with Gasteiger partial charge in [0.15, 0.2) is 0 Å². The van der Waals surface area contributed by atoms with E-state index in [1.165, 1.54) is 12.1 Å². The second-order valence-corrected chi connectivity index (χ2v) is 5.86. The van der Waals surface area contributed by atoms with E-state index in [2.05, 4.69) is 0 Å². The van der Waals surface area contributed by atoms with Gasteiger partial charge in [0.2, 0.25) is 0 Å². The van der Waals surface area contributed by atoms with Gasteiger partial charge in [-0.2, -0.15) is 50.0 Å². The molecular formula is C22H4F3N7. The second kappa shape index (κ2) is 8.82. The van der Waals surface area contributed by atoms with E-state index in [0.29, 0.717) is 12.1 Å². The van der Waals surface area contributed by atoms with Crippen LogP contribution in [0.5, 0.6) is 0 Å². The Morgan fingerprint density at radius 2 is 1.00 bits per heavy atom. The minimum absolute atomic E-state index is 0.112. The van der Waals surface area contributed by atoms with Crippen LogP contribution in [-0.2, 0) is 6.18 Å². The van der Waals surface area contributed by atoms with E-state index < -0.39 is 55.6 Å². The summed E-state index contributed by atoms with van der Waals surface area (Å²) in [6, 6.07) is 14.4. The molecule has 2 rings (SSSR count). The Morgan fingerprint density at radius 1 is 0.594 bits per heavy atom. The highest BCUT2D eigenvalue weighted by Crippen LogP contribution is 2.30. The molecule has 2 aromatic carbocycles. The van der Waals surface area contributed by atoms with Crippen molar-refractivity contribution in [2.75, 3.05) is 0 Å². The SMILES string of the molecule is N#CC(C#N)=c1c(C#N)c(C#N)c(=C(C#N)c2ccc(C(F)(F)F)cc2)c(C#N)c1C#N. The molecule has 0 aliphatic carbocycles. The summed E-state index contributed by atoms with van der Waals surface area (Å²) in [4.78, 5) is 0. The lowest BCUT2D eigenvalue weighted by atomic mass is 9.88. The van der Waals surface area contributed by atoms with E-state index in [4.69, 9.17) is 0 Å². The number of hydrogen-bond donors (Lipinski definition) is 0. The average Bonchev–Trinajstić information content (AvgIpc) is 2.79. The first-order valence-electron chi connectivity index (χ1n) is 8.20. The van der Waals surface area contributed by atoms with Crippen molar-refractivity contribution in [3.05, 3.63) is 68.1 Å². The summed E-state index contributed by atoms with van der Waals surface area (Å²) in [7, 11) is 0. The summed E-state index contributed by atoms with van der Waals surface area (Å²) in [5.41, 5.74) is -4.58. The minimum atomic E-state index is -4.65. The Bertz CT molecular complexity index is 1490. The molecule has 0 aromatic heterocycles. The zero-order valence-corrected chi connectivity index (χ0v) is 15.6. The van der Waals surface area contributed by atoms with Crippen molar-refractivity contribution >= 4 is 11.1 Å². The monoisotopic (exact) mass is 423 g/mol. The number of rotatable bonds is 1. The van der Waals surface area contributed by atoms with Crippen molar-refractivity contribution in [2.24, 2.45) is 0 Å². The lowest BCUT2D eigenvalue weighted by molar-refractivity contribution is -0.137. The standard InChI is InChI=1S/C22H4F3N7/c23-22(24,25)14-3-1-12(2-4-14)15(7-28)21-18(10-31)16(8-29)20(13(5-26)6-27)17(9-30)19(21)11-32/h1-4H. The third-order valence-corrected chi connectivity index (χ3v) is 4.28. The Balaban J connectivity index is 3.32. The summed E-state index contributed by atoms with van der Waals surface area (Å²) in [6.07, 6.45) is -4.65. The Morgan fingerprint density at radius 3 is 1.31 bits per heavy atom. The highest BCUT2D eigenvalue weighted by atomic mass is 19.4. The maximum atomic E-state index is 12.9. The van der Waals surface area contributed by atoms with Gasteiger partial charge >= 0.3 is 6.18 Å². The van der Waals surface area contributed by atoms with E-state index in [1.54, 1.807) is 30.3 Å². The van der Waals surface area contributed by atoms with Crippen LogP contribution >= 0.6 is 0 Å². The molecule has 0 N–H and O–H groups in total. The van der Waals surface area contributed by atoms with Gasteiger partial charge in [-0.3, -0.25) is 0 Å². The van der Waals surface area contributed by atoms with Gasteiger partial charge in [0.05, 0.1) is 33.4 Å². The van der Waals surface area contributed by atoms with Crippen LogP contribution in [0.1, 0.15) is 33.4 Å². The van der Waals surface area contributed by atoms with Crippen LogP contribution in [0.2, 0.25) is 0 Å². The predicted molar refractivity (Wildman–Crippen MR) is 98.8 cm³/mol. The molecule has 0 fully saturated rings. The van der Waals surface area contributed by atoms with Crippen LogP contribution in [0.4, 0.5) is 13.2 Å². The third kappa shape index (κ3) is 3.66. The maximum Gasteiger partial charge on any atom is 0.416 e. The van der Waals surface area contributed by atoms with Crippen LogP contribution in [0.15, 0.2) is 24.3 Å². The fourth-order valence-electron chi connectivity index (χ4n) is 2.92. The molecule has 10 heteroatoms. The predicted octanol–water partition coefficient (Wildman–Crippen LogP) is 2.11. The molecule has 0 heterocycles. The first kappa shape index (κ1) is 22.7. The molecule has 2 aromatic rings. The number of nitrogens with zero attached hydrogens (tertiary/aromatic N) is 7. The quantitative estimate of drug-likeness (QED) is 0.677. The van der Waals surface area contributed by atoms with E-state index in [1.807, 2.05) is 0 Å². The van der Waals surface area contributed by atoms with Crippen molar-refractivity contribution in [1.29, 1.82) is 36.8 Å². The molecule has 0 aliphatic heterocycles. The zero-order valence-electron chi connectivity index (χ0n) is 15.6. The molecule has 7 nitrogen and oxygen atoms in total. The van der Waals surface area contributed by atoms with Crippen LogP contribution in [0, 0.1) is 79.3 Å². The molecular weight excluding hydrogens is 419 g/mol. The number of halogens is 3. The Hall–Kier alpha value is -5.60. The van der Waals surface area contributed by atoms with Crippen molar-refractivity contribution in [3.63, 3.8) is 0 Å². The molecule has 0 unspecified atom stereocenters. The van der Waals surface area contributed by atoms with Crippen LogP contribution in [0.25, 0.3) is 11.1 Å². The van der Waals surface area contributed by atoms with Gasteiger partial charge in [-0.05, 0) is 17.7 Å². The molecule has 0 aliphatic rings. The largest absolute Gasteiger partial charge is 0.416 e. The van der Waals surface area contributed by atoms with E-state index in [9.17, 15) is 50.0 Å². The summed E-state index contributed by atoms with van der Waals surface area (Å²) in [5.74, 6) is 0. The summed E-state index contributed by atoms with van der Waals surface area (Å²) >= 11 is 0. The summed E-state index contributed by atoms with van der Waals surface area (Å²) < 4.78 is 38.6. The van der Waals surface area contributed by atoms with Crippen molar-refractivity contribution in [1.82, 2.24) is 0 Å². The summed E-state index contributed by atoms with van der Waals surface area (Å²) in [5, 5.41) is 65.6. The van der Waals surface area contributed by atoms with Crippen LogP contribution in [0.3, 0.4) is 0 Å². The van der Waals surface area contributed by atoms with Crippen LogP contribution in [-0.4, -0.2) is 0 Å². The maximum absolute atomic E-state index is 12.9. The third-order valence-electron chi connectivity index (χ3n) is 4.28. The molecule has 0 saturated carbocycles. The molecule has 0 atom stereocenters. The lowest BCUT2D eigenvalue weighted by Crippen LogP contribution is -2.29. The van der Waals surface area contributed by atoms with E-state index in [-0.39, 0.29) is 5.56 Å². The fourth-order valence-corrected chi connectivity index (χ4v) is 2.92. The van der Waals surface area contributed by atoms with E-state index >= 15 is 0 Å². The normalized spacial score (nSPS) is 9.50. The van der Waals surface area contributed by atoms with E-state index in [0.717, 1.165) is 12.1 Å². The van der Waals surface area contributed by atoms with Gasteiger partial charge in [0.1, 0.15) is 48.1 Å². The number of nitriles is 7. The highest BCUT2D eigenvalue weighted by Gasteiger charge is 2.30. The lowest BCUT2D eigenvalue weighted by Gasteiger charge is -2.09. The van der Waals surface area contributed by atoms with Gasteiger partial charge in [-0.15, -0.1) is 0 Å². The van der Waals surface area contributed by atoms with Gasteiger partial charge in [-0.25, -0.2) is 0 Å². The first-order chi connectivity index (χ1) is 15.2. The highest BCUT2D eigenvalue weighted by molar-refractivity contribution is 5.83. The second-order valence-electron chi connectivity index (χ2n) is 5.86. The minimum Gasteiger partial charge on any atom is -0.192 e. The van der Waals surface area contributed by atoms with Gasteiger partial charge in [0.25, 0.3) is 0 Å². The Kier molecular flexibility index (Phi) is 6.26.